The maximum atomic E-state index is 12.9. The summed E-state index contributed by atoms with van der Waals surface area (Å²) in [6.07, 6.45) is 6.30. The summed E-state index contributed by atoms with van der Waals surface area (Å²) in [6.45, 7) is 6.83. The molecule has 9 nitrogen and oxygen atoms in total. The molecule has 3 heterocycles. The Balaban J connectivity index is 1.33. The highest BCUT2D eigenvalue weighted by molar-refractivity contribution is 7.89. The minimum atomic E-state index is -3.51. The number of piperidine rings is 1. The largest absolute Gasteiger partial charge is 0.347 e. The average molecular weight is 476 g/mol. The predicted octanol–water partition coefficient (Wildman–Crippen LogP) is 2.76. The molecular formula is C23H33N5O4S. The predicted molar refractivity (Wildman–Crippen MR) is 124 cm³/mol. The topological polar surface area (TPSA) is 109 Å². The number of nitrogens with zero attached hydrogens (tertiary/aromatic N) is 4. The summed E-state index contributed by atoms with van der Waals surface area (Å²) in [6, 6.07) is 6.42. The van der Waals surface area contributed by atoms with Crippen molar-refractivity contribution in [3.8, 4) is 11.4 Å². The Bertz CT molecular complexity index is 1020. The van der Waals surface area contributed by atoms with E-state index >= 15 is 0 Å². The normalized spacial score (nSPS) is 19.3. The molecular weight excluding hydrogens is 442 g/mol. The SMILES string of the molecule is CC1CCN(CCNC(=O)c2nc(-c3ccc(S(=O)(=O)N4CCCCCC4)cc3)no2)CC1. The van der Waals surface area contributed by atoms with Gasteiger partial charge in [0.25, 0.3) is 0 Å². The Labute approximate surface area is 195 Å². The number of carbonyl (C=O) groups is 1. The smallest absolute Gasteiger partial charge is 0.316 e. The van der Waals surface area contributed by atoms with Gasteiger partial charge in [0.2, 0.25) is 15.8 Å². The summed E-state index contributed by atoms with van der Waals surface area (Å²) < 4.78 is 32.6. The first-order valence-electron chi connectivity index (χ1n) is 11.9. The molecule has 2 aliphatic rings. The highest BCUT2D eigenvalue weighted by atomic mass is 32.2. The summed E-state index contributed by atoms with van der Waals surface area (Å²) in [5.74, 6) is 0.526. The Morgan fingerprint density at radius 1 is 1.06 bits per heavy atom. The summed E-state index contributed by atoms with van der Waals surface area (Å²) in [4.78, 5) is 19.1. The van der Waals surface area contributed by atoms with Gasteiger partial charge in [-0.1, -0.05) is 24.9 Å². The zero-order chi connectivity index (χ0) is 23.3. The molecule has 0 bridgehead atoms. The van der Waals surface area contributed by atoms with Gasteiger partial charge in [-0.2, -0.15) is 9.29 Å². The third-order valence-corrected chi connectivity index (χ3v) is 8.44. The third kappa shape index (κ3) is 5.99. The van der Waals surface area contributed by atoms with Crippen LogP contribution in [0.2, 0.25) is 0 Å². The molecule has 4 rings (SSSR count). The first-order valence-corrected chi connectivity index (χ1v) is 13.3. The number of nitrogens with one attached hydrogen (secondary N) is 1. The van der Waals surface area contributed by atoms with Crippen molar-refractivity contribution < 1.29 is 17.7 Å². The first kappa shape index (κ1) is 23.8. The van der Waals surface area contributed by atoms with Gasteiger partial charge < -0.3 is 14.7 Å². The molecule has 2 saturated heterocycles. The van der Waals surface area contributed by atoms with Crippen LogP contribution in [-0.4, -0.2) is 72.9 Å². The molecule has 0 saturated carbocycles. The zero-order valence-corrected chi connectivity index (χ0v) is 20.0. The van der Waals surface area contributed by atoms with Crippen LogP contribution in [-0.2, 0) is 10.0 Å². The number of aromatic nitrogens is 2. The van der Waals surface area contributed by atoms with Crippen LogP contribution in [0.5, 0.6) is 0 Å². The fraction of sp³-hybridized carbons (Fsp3) is 0.609. The van der Waals surface area contributed by atoms with Crippen molar-refractivity contribution in [2.24, 2.45) is 5.92 Å². The molecule has 2 aliphatic heterocycles. The third-order valence-electron chi connectivity index (χ3n) is 6.53. The quantitative estimate of drug-likeness (QED) is 0.656. The van der Waals surface area contributed by atoms with E-state index in [1.54, 1.807) is 28.6 Å². The second-order valence-corrected chi connectivity index (χ2v) is 11.0. The van der Waals surface area contributed by atoms with Crippen LogP contribution in [0.3, 0.4) is 0 Å². The van der Waals surface area contributed by atoms with Gasteiger partial charge in [-0.25, -0.2) is 8.42 Å². The highest BCUT2D eigenvalue weighted by Gasteiger charge is 2.25. The Morgan fingerprint density at radius 3 is 2.39 bits per heavy atom. The van der Waals surface area contributed by atoms with E-state index in [0.717, 1.165) is 51.2 Å². The standard InChI is InChI=1S/C23H33N5O4S/c1-18-10-15-27(16-11-18)17-12-24-22(29)23-25-21(26-32-23)19-6-8-20(9-7-19)33(30,31)28-13-4-2-3-5-14-28/h6-9,18H,2-5,10-17H2,1H3,(H,24,29). The van der Waals surface area contributed by atoms with Crippen molar-refractivity contribution in [3.05, 3.63) is 30.2 Å². The van der Waals surface area contributed by atoms with Crippen molar-refractivity contribution in [1.29, 1.82) is 0 Å². The van der Waals surface area contributed by atoms with Gasteiger partial charge >= 0.3 is 11.8 Å². The molecule has 0 spiro atoms. The van der Waals surface area contributed by atoms with Crippen molar-refractivity contribution in [1.82, 2.24) is 24.7 Å². The van der Waals surface area contributed by atoms with E-state index in [-0.39, 0.29) is 16.6 Å². The van der Waals surface area contributed by atoms with Gasteiger partial charge in [0, 0.05) is 31.7 Å². The van der Waals surface area contributed by atoms with Gasteiger partial charge in [0.1, 0.15) is 0 Å². The monoisotopic (exact) mass is 475 g/mol. The number of amides is 1. The minimum Gasteiger partial charge on any atom is -0.347 e. The molecule has 180 valence electrons. The Kier molecular flexibility index (Phi) is 7.77. The number of rotatable bonds is 7. The lowest BCUT2D eigenvalue weighted by atomic mass is 9.99. The number of likely N-dealkylation sites (tertiary alicyclic amines) is 1. The van der Waals surface area contributed by atoms with E-state index in [0.29, 0.717) is 25.2 Å². The Hall–Kier alpha value is -2.30. The van der Waals surface area contributed by atoms with Crippen molar-refractivity contribution in [3.63, 3.8) is 0 Å². The number of benzene rings is 1. The van der Waals surface area contributed by atoms with Crippen molar-refractivity contribution >= 4 is 15.9 Å². The molecule has 0 aliphatic carbocycles. The first-order chi connectivity index (χ1) is 15.9. The maximum Gasteiger partial charge on any atom is 0.316 e. The lowest BCUT2D eigenvalue weighted by Gasteiger charge is -2.29. The maximum absolute atomic E-state index is 12.9. The summed E-state index contributed by atoms with van der Waals surface area (Å²) in [5, 5.41) is 6.72. The molecule has 1 N–H and O–H groups in total. The van der Waals surface area contributed by atoms with Crippen LogP contribution >= 0.6 is 0 Å². The van der Waals surface area contributed by atoms with E-state index in [4.69, 9.17) is 4.52 Å². The number of hydrogen-bond acceptors (Lipinski definition) is 7. The van der Waals surface area contributed by atoms with Gasteiger partial charge in [-0.05, 0) is 69.0 Å². The fourth-order valence-electron chi connectivity index (χ4n) is 4.33. The molecule has 0 radical (unpaired) electrons. The van der Waals surface area contributed by atoms with E-state index in [1.165, 1.54) is 12.8 Å². The molecule has 0 unspecified atom stereocenters. The lowest BCUT2D eigenvalue weighted by Crippen LogP contribution is -2.39. The second-order valence-electron chi connectivity index (χ2n) is 9.05. The molecule has 33 heavy (non-hydrogen) atoms. The van der Waals surface area contributed by atoms with Crippen LogP contribution in [0.15, 0.2) is 33.7 Å². The van der Waals surface area contributed by atoms with E-state index in [2.05, 4.69) is 27.3 Å². The number of hydrogen-bond donors (Lipinski definition) is 1. The average Bonchev–Trinajstić information content (AvgIpc) is 3.15. The molecule has 1 aromatic heterocycles. The van der Waals surface area contributed by atoms with E-state index in [1.807, 2.05) is 0 Å². The van der Waals surface area contributed by atoms with Crippen LogP contribution in [0.4, 0.5) is 0 Å². The number of carbonyl (C=O) groups excluding carboxylic acids is 1. The van der Waals surface area contributed by atoms with Gasteiger partial charge in [0.15, 0.2) is 0 Å². The van der Waals surface area contributed by atoms with Gasteiger partial charge in [0.05, 0.1) is 4.90 Å². The minimum absolute atomic E-state index is 0.0986. The molecule has 2 aromatic rings. The van der Waals surface area contributed by atoms with Crippen LogP contribution < -0.4 is 5.32 Å². The highest BCUT2D eigenvalue weighted by Crippen LogP contribution is 2.23. The fourth-order valence-corrected chi connectivity index (χ4v) is 5.85. The zero-order valence-electron chi connectivity index (χ0n) is 19.2. The van der Waals surface area contributed by atoms with Crippen LogP contribution in [0, 0.1) is 5.92 Å². The van der Waals surface area contributed by atoms with Crippen molar-refractivity contribution in [2.75, 3.05) is 39.3 Å². The summed E-state index contributed by atoms with van der Waals surface area (Å²) in [5.41, 5.74) is 0.593. The molecule has 1 aromatic carbocycles. The molecule has 2 fully saturated rings. The van der Waals surface area contributed by atoms with Crippen LogP contribution in [0.1, 0.15) is 56.1 Å². The summed E-state index contributed by atoms with van der Waals surface area (Å²) >= 11 is 0. The molecule has 1 amide bonds. The lowest BCUT2D eigenvalue weighted by molar-refractivity contribution is 0.0901. The van der Waals surface area contributed by atoms with Gasteiger partial charge in [-0.3, -0.25) is 4.79 Å². The second kappa shape index (κ2) is 10.8. The molecule has 0 atom stereocenters. The van der Waals surface area contributed by atoms with Gasteiger partial charge in [-0.15, -0.1) is 0 Å². The summed E-state index contributed by atoms with van der Waals surface area (Å²) in [7, 11) is -3.51. The Morgan fingerprint density at radius 2 is 1.73 bits per heavy atom. The number of sulfonamides is 1. The van der Waals surface area contributed by atoms with Crippen LogP contribution in [0.25, 0.3) is 11.4 Å². The van der Waals surface area contributed by atoms with E-state index in [9.17, 15) is 13.2 Å². The van der Waals surface area contributed by atoms with E-state index < -0.39 is 15.9 Å². The molecule has 10 heteroatoms. The van der Waals surface area contributed by atoms with Crippen molar-refractivity contribution in [2.45, 2.75) is 50.3 Å².